The van der Waals surface area contributed by atoms with Crippen LogP contribution >= 0.6 is 0 Å². The average molecular weight is 205 g/mol. The van der Waals surface area contributed by atoms with Gasteiger partial charge in [0, 0.05) is 44.7 Å². The molecule has 0 atom stereocenters. The molecule has 0 radical (unpaired) electrons. The molecule has 0 unspecified atom stereocenters. The Morgan fingerprint density at radius 2 is 2.47 bits per heavy atom. The van der Waals surface area contributed by atoms with Crippen molar-refractivity contribution in [3.8, 4) is 0 Å². The Morgan fingerprint density at radius 3 is 3.07 bits per heavy atom. The molecule has 0 aliphatic carbocycles. The van der Waals surface area contributed by atoms with Crippen LogP contribution in [0.15, 0.2) is 29.6 Å². The maximum atomic E-state index is 11.6. The lowest BCUT2D eigenvalue weighted by molar-refractivity contribution is 0.0976. The quantitative estimate of drug-likeness (QED) is 0.402. The van der Waals surface area contributed by atoms with Crippen LogP contribution in [-0.4, -0.2) is 36.1 Å². The third-order valence-electron chi connectivity index (χ3n) is 2.11. The number of ketones is 1. The molecule has 0 aliphatic heterocycles. The lowest BCUT2D eigenvalue weighted by Crippen LogP contribution is -2.13. The summed E-state index contributed by atoms with van der Waals surface area (Å²) in [6, 6.07) is 3.55. The van der Waals surface area contributed by atoms with Crippen molar-refractivity contribution in [1.29, 1.82) is 0 Å². The average Bonchev–Trinajstić information content (AvgIpc) is 2.29. The number of hydrogen-bond donors (Lipinski definition) is 0. The zero-order chi connectivity index (χ0) is 11.1. The number of hydrazone groups is 1. The molecule has 1 rings (SSSR count). The smallest absolute Gasteiger partial charge is 0.164 e. The van der Waals surface area contributed by atoms with E-state index in [1.807, 2.05) is 7.05 Å². The third kappa shape index (κ3) is 3.89. The highest BCUT2D eigenvalue weighted by Crippen LogP contribution is 2.03. The number of nitrogens with zero attached hydrogens (tertiary/aromatic N) is 3. The van der Waals surface area contributed by atoms with Crippen LogP contribution < -0.4 is 0 Å². The molecule has 1 aromatic heterocycles. The molecule has 0 spiro atoms. The molecule has 15 heavy (non-hydrogen) atoms. The number of pyridine rings is 1. The van der Waals surface area contributed by atoms with E-state index in [9.17, 15) is 4.79 Å². The predicted octanol–water partition coefficient (Wildman–Crippen LogP) is 1.59. The van der Waals surface area contributed by atoms with Crippen molar-refractivity contribution < 1.29 is 4.79 Å². The van der Waals surface area contributed by atoms with E-state index in [4.69, 9.17) is 0 Å². The van der Waals surface area contributed by atoms with Crippen molar-refractivity contribution in [3.63, 3.8) is 0 Å². The number of Topliss-reactive ketones (excluding diaryl/α,β-unsaturated/α-hetero) is 1. The summed E-state index contributed by atoms with van der Waals surface area (Å²) in [6.07, 6.45) is 4.55. The van der Waals surface area contributed by atoms with E-state index in [-0.39, 0.29) is 5.78 Å². The molecule has 4 heteroatoms. The minimum Gasteiger partial charge on any atom is -0.301 e. The second-order valence-electron chi connectivity index (χ2n) is 3.29. The van der Waals surface area contributed by atoms with Crippen molar-refractivity contribution in [3.05, 3.63) is 30.1 Å². The summed E-state index contributed by atoms with van der Waals surface area (Å²) in [5.41, 5.74) is 0.673. The highest BCUT2D eigenvalue weighted by atomic mass is 16.1. The fourth-order valence-electron chi connectivity index (χ4n) is 1.21. The summed E-state index contributed by atoms with van der Waals surface area (Å²) in [6.45, 7) is 4.14. The van der Waals surface area contributed by atoms with Crippen molar-refractivity contribution in [1.82, 2.24) is 9.99 Å². The molecule has 0 fully saturated rings. The van der Waals surface area contributed by atoms with Crippen molar-refractivity contribution in [2.24, 2.45) is 5.10 Å². The zero-order valence-corrected chi connectivity index (χ0v) is 8.89. The summed E-state index contributed by atoms with van der Waals surface area (Å²) in [5.74, 6) is 0.126. The normalized spacial score (nSPS) is 9.67. The van der Waals surface area contributed by atoms with Crippen LogP contribution in [0.25, 0.3) is 0 Å². The second kappa shape index (κ2) is 5.90. The Hall–Kier alpha value is -1.71. The van der Waals surface area contributed by atoms with Crippen LogP contribution in [0.5, 0.6) is 0 Å². The van der Waals surface area contributed by atoms with Gasteiger partial charge in [0.15, 0.2) is 5.78 Å². The van der Waals surface area contributed by atoms with Crippen molar-refractivity contribution in [2.45, 2.75) is 12.8 Å². The van der Waals surface area contributed by atoms with Gasteiger partial charge in [-0.2, -0.15) is 5.10 Å². The molecule has 4 nitrogen and oxygen atoms in total. The lowest BCUT2D eigenvalue weighted by atomic mass is 10.1. The van der Waals surface area contributed by atoms with Crippen molar-refractivity contribution in [2.75, 3.05) is 13.6 Å². The molecular formula is C11H15N3O. The molecule has 0 amide bonds. The van der Waals surface area contributed by atoms with Gasteiger partial charge in [0.2, 0.25) is 0 Å². The van der Waals surface area contributed by atoms with E-state index in [1.54, 1.807) is 29.5 Å². The van der Waals surface area contributed by atoms with Gasteiger partial charge in [-0.15, -0.1) is 0 Å². The van der Waals surface area contributed by atoms with Crippen LogP contribution in [0.3, 0.4) is 0 Å². The molecule has 1 aromatic rings. The van der Waals surface area contributed by atoms with Crippen LogP contribution in [0, 0.1) is 0 Å². The molecule has 0 N–H and O–H groups in total. The number of aromatic nitrogens is 1. The van der Waals surface area contributed by atoms with Crippen LogP contribution in [0.4, 0.5) is 0 Å². The van der Waals surface area contributed by atoms with Gasteiger partial charge < -0.3 is 5.01 Å². The van der Waals surface area contributed by atoms with Gasteiger partial charge in [-0.1, -0.05) is 0 Å². The molecule has 0 aliphatic rings. The summed E-state index contributed by atoms with van der Waals surface area (Å²) < 4.78 is 0. The lowest BCUT2D eigenvalue weighted by Gasteiger charge is -2.10. The number of hydrogen-bond acceptors (Lipinski definition) is 4. The fourth-order valence-corrected chi connectivity index (χ4v) is 1.21. The Bertz CT molecular complexity index is 324. The van der Waals surface area contributed by atoms with Crippen LogP contribution in [0.1, 0.15) is 23.2 Å². The third-order valence-corrected chi connectivity index (χ3v) is 2.11. The van der Waals surface area contributed by atoms with Gasteiger partial charge in [-0.3, -0.25) is 9.78 Å². The predicted molar refractivity (Wildman–Crippen MR) is 60.0 cm³/mol. The molecule has 0 aromatic carbocycles. The second-order valence-corrected chi connectivity index (χ2v) is 3.29. The molecular weight excluding hydrogens is 190 g/mol. The molecule has 0 saturated heterocycles. The SMILES string of the molecule is C=NN(C)CCCC(=O)c1cccnc1. The van der Waals surface area contributed by atoms with E-state index in [0.717, 1.165) is 13.0 Å². The highest BCUT2D eigenvalue weighted by Gasteiger charge is 2.05. The van der Waals surface area contributed by atoms with E-state index in [1.165, 1.54) is 0 Å². The summed E-state index contributed by atoms with van der Waals surface area (Å²) in [4.78, 5) is 15.5. The Kier molecular flexibility index (Phi) is 4.47. The first kappa shape index (κ1) is 11.4. The summed E-state index contributed by atoms with van der Waals surface area (Å²) in [7, 11) is 1.83. The summed E-state index contributed by atoms with van der Waals surface area (Å²) >= 11 is 0. The first-order valence-electron chi connectivity index (χ1n) is 4.85. The molecule has 0 bridgehead atoms. The zero-order valence-electron chi connectivity index (χ0n) is 8.89. The maximum Gasteiger partial charge on any atom is 0.164 e. The number of carbonyl (C=O) groups excluding carboxylic acids is 1. The topological polar surface area (TPSA) is 45.6 Å². The van der Waals surface area contributed by atoms with Gasteiger partial charge in [-0.25, -0.2) is 0 Å². The van der Waals surface area contributed by atoms with Gasteiger partial charge >= 0.3 is 0 Å². The fraction of sp³-hybridized carbons (Fsp3) is 0.364. The van der Waals surface area contributed by atoms with Crippen molar-refractivity contribution >= 4 is 12.5 Å². The van der Waals surface area contributed by atoms with E-state index in [2.05, 4.69) is 16.8 Å². The minimum atomic E-state index is 0.126. The first-order valence-corrected chi connectivity index (χ1v) is 4.85. The van der Waals surface area contributed by atoms with Gasteiger partial charge in [0.1, 0.15) is 0 Å². The van der Waals surface area contributed by atoms with Crippen LogP contribution in [-0.2, 0) is 0 Å². The monoisotopic (exact) mass is 205 g/mol. The summed E-state index contributed by atoms with van der Waals surface area (Å²) in [5, 5.41) is 5.44. The number of rotatable bonds is 6. The Labute approximate surface area is 89.6 Å². The minimum absolute atomic E-state index is 0.126. The molecule has 80 valence electrons. The largest absolute Gasteiger partial charge is 0.301 e. The Balaban J connectivity index is 2.34. The van der Waals surface area contributed by atoms with Gasteiger partial charge in [0.25, 0.3) is 0 Å². The number of carbonyl (C=O) groups is 1. The highest BCUT2D eigenvalue weighted by molar-refractivity contribution is 5.95. The molecule has 1 heterocycles. The maximum absolute atomic E-state index is 11.6. The van der Waals surface area contributed by atoms with E-state index >= 15 is 0 Å². The van der Waals surface area contributed by atoms with Gasteiger partial charge in [0.05, 0.1) is 0 Å². The molecule has 0 saturated carbocycles. The standard InChI is InChI=1S/C11H15N3O/c1-12-14(2)8-4-6-11(15)10-5-3-7-13-9-10/h3,5,7,9H,1,4,6,8H2,2H3. The Morgan fingerprint density at radius 1 is 1.67 bits per heavy atom. The van der Waals surface area contributed by atoms with Crippen LogP contribution in [0.2, 0.25) is 0 Å². The van der Waals surface area contributed by atoms with Gasteiger partial charge in [-0.05, 0) is 18.6 Å². The van der Waals surface area contributed by atoms with E-state index in [0.29, 0.717) is 12.0 Å². The first-order chi connectivity index (χ1) is 7.24. The van der Waals surface area contributed by atoms with E-state index < -0.39 is 0 Å².